The summed E-state index contributed by atoms with van der Waals surface area (Å²) in [6, 6.07) is 0. The largest absolute Gasteiger partial charge is 0.472 e. The van der Waals surface area contributed by atoms with Crippen LogP contribution in [0.3, 0.4) is 0 Å². The molecule has 0 aliphatic carbocycles. The number of unbranched alkanes of at least 4 members (excludes halogenated alkanes) is 40. The summed E-state index contributed by atoms with van der Waals surface area (Å²) in [5.74, 6) is 0.204. The lowest BCUT2D eigenvalue weighted by Gasteiger charge is -2.21. The Balaban J connectivity index is 5.22. The maximum Gasteiger partial charge on any atom is 0.472 e. The van der Waals surface area contributed by atoms with E-state index >= 15 is 0 Å². The number of ether oxygens (including phenoxy) is 4. The molecule has 0 aromatic rings. The SMILES string of the molecule is CCCCCCCCCCCCC(=O)O[C@H](COC(=O)CCCCCCCCC(C)C)COP(=O)(O)OC[C@H](O)COP(=O)(O)OC[C@@H](COC(=O)CCCCCCCCCCCCCCCCC(C)C)OC(=O)CCCCCCCCCCCCCCCCC(C)CC. The van der Waals surface area contributed by atoms with Gasteiger partial charge in [0.25, 0.3) is 0 Å². The van der Waals surface area contributed by atoms with Gasteiger partial charge in [-0.15, -0.1) is 0 Å². The van der Waals surface area contributed by atoms with Crippen molar-refractivity contribution < 1.29 is 80.2 Å². The quantitative estimate of drug-likeness (QED) is 0.0222. The molecule has 0 aliphatic rings. The highest BCUT2D eigenvalue weighted by atomic mass is 31.2. The molecule has 17 nitrogen and oxygen atoms in total. The predicted molar refractivity (Wildman–Crippen MR) is 381 cm³/mol. The van der Waals surface area contributed by atoms with Gasteiger partial charge in [-0.1, -0.05) is 331 Å². The van der Waals surface area contributed by atoms with Gasteiger partial charge in [-0.3, -0.25) is 37.3 Å². The van der Waals surface area contributed by atoms with Gasteiger partial charge < -0.3 is 33.8 Å². The Hall–Kier alpha value is -1.94. The normalized spacial score (nSPS) is 14.4. The number of esters is 4. The molecular formula is C75H146O17P2. The molecular weight excluding hydrogens is 1230 g/mol. The maximum atomic E-state index is 13.1. The average Bonchev–Trinajstić information content (AvgIpc) is 1.46. The molecule has 0 heterocycles. The smallest absolute Gasteiger partial charge is 0.462 e. The van der Waals surface area contributed by atoms with E-state index in [2.05, 4.69) is 48.5 Å². The first-order valence-corrected chi connectivity index (χ1v) is 41.9. The predicted octanol–water partition coefficient (Wildman–Crippen LogP) is 21.8. The summed E-state index contributed by atoms with van der Waals surface area (Å²) in [4.78, 5) is 72.7. The summed E-state index contributed by atoms with van der Waals surface area (Å²) in [7, 11) is -9.91. The molecule has 0 spiro atoms. The highest BCUT2D eigenvalue weighted by molar-refractivity contribution is 7.47. The van der Waals surface area contributed by atoms with Crippen LogP contribution in [0.2, 0.25) is 0 Å². The van der Waals surface area contributed by atoms with Crippen LogP contribution in [0, 0.1) is 17.8 Å². The van der Waals surface area contributed by atoms with Crippen molar-refractivity contribution in [2.45, 2.75) is 401 Å². The van der Waals surface area contributed by atoms with Crippen LogP contribution in [-0.2, 0) is 65.4 Å². The van der Waals surface area contributed by atoms with E-state index in [-0.39, 0.29) is 25.7 Å². The molecule has 19 heteroatoms. The van der Waals surface area contributed by atoms with Gasteiger partial charge in [0, 0.05) is 25.7 Å². The van der Waals surface area contributed by atoms with E-state index < -0.39 is 97.5 Å². The van der Waals surface area contributed by atoms with E-state index in [1.165, 1.54) is 186 Å². The highest BCUT2D eigenvalue weighted by Gasteiger charge is 2.30. The summed E-state index contributed by atoms with van der Waals surface area (Å²) >= 11 is 0. The number of hydrogen-bond donors (Lipinski definition) is 3. The van der Waals surface area contributed by atoms with E-state index in [9.17, 15) is 43.2 Å². The molecule has 0 saturated carbocycles. The zero-order valence-electron chi connectivity index (χ0n) is 61.4. The molecule has 0 saturated heterocycles. The van der Waals surface area contributed by atoms with Gasteiger partial charge in [-0.25, -0.2) is 9.13 Å². The maximum absolute atomic E-state index is 13.1. The van der Waals surface area contributed by atoms with Crippen LogP contribution in [0.25, 0.3) is 0 Å². The minimum atomic E-state index is -4.96. The van der Waals surface area contributed by atoms with Crippen LogP contribution in [0.5, 0.6) is 0 Å². The second kappa shape index (κ2) is 65.7. The zero-order valence-corrected chi connectivity index (χ0v) is 63.2. The Kier molecular flexibility index (Phi) is 64.3. The number of phosphoric ester groups is 2. The van der Waals surface area contributed by atoms with Crippen molar-refractivity contribution in [3.05, 3.63) is 0 Å². The molecule has 558 valence electrons. The lowest BCUT2D eigenvalue weighted by atomic mass is 9.99. The molecule has 3 unspecified atom stereocenters. The molecule has 0 aliphatic heterocycles. The van der Waals surface area contributed by atoms with E-state index in [1.54, 1.807) is 0 Å². The lowest BCUT2D eigenvalue weighted by molar-refractivity contribution is -0.161. The standard InChI is InChI=1S/C75H146O17P2/c1-8-10-11-12-13-14-29-35-44-51-58-74(79)92-71(63-86-73(78)57-50-43-38-37-40-47-54-67(5)6)65-90-94(83,84)88-61-69(76)60-87-93(81,82)89-64-70(62-85-72(77)56-49-42-34-30-25-21-17-15-19-23-27-32-39-46-53-66(3)4)91-75(80)59-52-45-36-31-26-22-18-16-20-24-28-33-41-48-55-68(7)9-2/h66-71,76H,8-65H2,1-7H3,(H,81,82)(H,83,84)/t68?,69-,70-,71-/m1/s1. The second-order valence-corrected chi connectivity index (χ2v) is 31.1. The van der Waals surface area contributed by atoms with Gasteiger partial charge in [0.2, 0.25) is 0 Å². The molecule has 0 radical (unpaired) electrons. The number of phosphoric acid groups is 2. The van der Waals surface area contributed by atoms with Gasteiger partial charge in [0.1, 0.15) is 19.3 Å². The number of aliphatic hydroxyl groups is 1. The molecule has 0 fully saturated rings. The fourth-order valence-electron chi connectivity index (χ4n) is 11.4. The van der Waals surface area contributed by atoms with Crippen LogP contribution in [0.4, 0.5) is 0 Å². The van der Waals surface area contributed by atoms with Crippen LogP contribution in [0.1, 0.15) is 382 Å². The number of rotatable bonds is 73. The van der Waals surface area contributed by atoms with Crippen LogP contribution < -0.4 is 0 Å². The monoisotopic (exact) mass is 1380 g/mol. The second-order valence-electron chi connectivity index (χ2n) is 28.2. The molecule has 0 aromatic heterocycles. The molecule has 6 atom stereocenters. The van der Waals surface area contributed by atoms with Crippen molar-refractivity contribution in [3.8, 4) is 0 Å². The summed E-state index contributed by atoms with van der Waals surface area (Å²) in [5, 5.41) is 10.6. The Morgan fingerprint density at radius 2 is 0.543 bits per heavy atom. The fourth-order valence-corrected chi connectivity index (χ4v) is 13.0. The number of aliphatic hydroxyl groups excluding tert-OH is 1. The van der Waals surface area contributed by atoms with Crippen molar-refractivity contribution in [2.24, 2.45) is 17.8 Å². The van der Waals surface area contributed by atoms with E-state index in [0.29, 0.717) is 31.6 Å². The van der Waals surface area contributed by atoms with Crippen molar-refractivity contribution in [1.82, 2.24) is 0 Å². The van der Waals surface area contributed by atoms with Gasteiger partial charge >= 0.3 is 39.5 Å². The molecule has 0 rings (SSSR count). The van der Waals surface area contributed by atoms with Crippen molar-refractivity contribution in [1.29, 1.82) is 0 Å². The Labute approximate surface area is 575 Å². The van der Waals surface area contributed by atoms with E-state index in [1.807, 2.05) is 0 Å². The van der Waals surface area contributed by atoms with Gasteiger partial charge in [-0.05, 0) is 43.4 Å². The first-order valence-electron chi connectivity index (χ1n) is 38.9. The first-order chi connectivity index (χ1) is 45.3. The number of carbonyl (C=O) groups is 4. The molecule has 0 amide bonds. The van der Waals surface area contributed by atoms with Gasteiger partial charge in [0.05, 0.1) is 26.4 Å². The Morgan fingerprint density at radius 1 is 0.309 bits per heavy atom. The summed E-state index contributed by atoms with van der Waals surface area (Å²) in [5.41, 5.74) is 0. The molecule has 94 heavy (non-hydrogen) atoms. The van der Waals surface area contributed by atoms with Gasteiger partial charge in [-0.2, -0.15) is 0 Å². The number of hydrogen-bond acceptors (Lipinski definition) is 15. The number of carbonyl (C=O) groups excluding carboxylic acids is 4. The van der Waals surface area contributed by atoms with Crippen molar-refractivity contribution >= 4 is 39.5 Å². The Morgan fingerprint density at radius 3 is 0.809 bits per heavy atom. The molecule has 0 aromatic carbocycles. The minimum absolute atomic E-state index is 0.105. The highest BCUT2D eigenvalue weighted by Crippen LogP contribution is 2.45. The van der Waals surface area contributed by atoms with E-state index in [0.717, 1.165) is 108 Å². The molecule has 3 N–H and O–H groups in total. The van der Waals surface area contributed by atoms with Gasteiger partial charge in [0.15, 0.2) is 12.2 Å². The topological polar surface area (TPSA) is 237 Å². The first kappa shape index (κ1) is 92.1. The zero-order chi connectivity index (χ0) is 69.4. The third-order valence-corrected chi connectivity index (χ3v) is 19.6. The fraction of sp³-hybridized carbons (Fsp3) is 0.947. The van der Waals surface area contributed by atoms with E-state index in [4.69, 9.17) is 37.0 Å². The lowest BCUT2D eigenvalue weighted by Crippen LogP contribution is -2.30. The third-order valence-electron chi connectivity index (χ3n) is 17.7. The summed E-state index contributed by atoms with van der Waals surface area (Å²) < 4.78 is 68.4. The third kappa shape index (κ3) is 67.3. The van der Waals surface area contributed by atoms with Crippen molar-refractivity contribution in [2.75, 3.05) is 39.6 Å². The van der Waals surface area contributed by atoms with Crippen molar-refractivity contribution in [3.63, 3.8) is 0 Å². The average molecular weight is 1380 g/mol. The van der Waals surface area contributed by atoms with Crippen LogP contribution >= 0.6 is 15.6 Å². The minimum Gasteiger partial charge on any atom is -0.462 e. The van der Waals surface area contributed by atoms with Crippen LogP contribution in [0.15, 0.2) is 0 Å². The molecule has 0 bridgehead atoms. The summed E-state index contributed by atoms with van der Waals surface area (Å²) in [6.45, 7) is 11.9. The van der Waals surface area contributed by atoms with Crippen LogP contribution in [-0.4, -0.2) is 96.7 Å². The Bertz CT molecular complexity index is 1840. The summed E-state index contributed by atoms with van der Waals surface area (Å²) in [6.07, 6.45) is 51.4.